The number of anilines is 1. The molecule has 5 rings (SSSR count). The maximum atomic E-state index is 13.6. The summed E-state index contributed by atoms with van der Waals surface area (Å²) in [6.07, 6.45) is 5.24. The third-order valence-corrected chi connectivity index (χ3v) is 8.26. The number of nitrogens with zero attached hydrogens (tertiary/aromatic N) is 6. The first-order valence-electron chi connectivity index (χ1n) is 13.1. The third kappa shape index (κ3) is 6.95. The predicted molar refractivity (Wildman–Crippen MR) is 168 cm³/mol. The van der Waals surface area contributed by atoms with E-state index in [4.69, 9.17) is 32.7 Å². The van der Waals surface area contributed by atoms with Gasteiger partial charge in [-0.15, -0.1) is 0 Å². The number of thiol groups is 1. The van der Waals surface area contributed by atoms with Gasteiger partial charge in [0.25, 0.3) is 5.91 Å². The average Bonchev–Trinajstić information content (AvgIpc) is 3.33. The summed E-state index contributed by atoms with van der Waals surface area (Å²) in [7, 11) is 0. The third-order valence-electron chi connectivity index (χ3n) is 6.84. The van der Waals surface area contributed by atoms with Crippen LogP contribution in [0.2, 0.25) is 10.0 Å². The Hall–Kier alpha value is -3.25. The van der Waals surface area contributed by atoms with E-state index in [1.807, 2.05) is 10.6 Å². The minimum Gasteiger partial charge on any atom is -0.484 e. The zero-order valence-electron chi connectivity index (χ0n) is 22.7. The summed E-state index contributed by atoms with van der Waals surface area (Å²) in [5, 5.41) is 12.5. The lowest BCUT2D eigenvalue weighted by Crippen LogP contribution is -2.38. The average molecular weight is 705 g/mol. The first kappa shape index (κ1) is 31.2. The zero-order valence-corrected chi connectivity index (χ0v) is 26.7. The number of nitrogens with one attached hydrogen (secondary N) is 1. The summed E-state index contributed by atoms with van der Waals surface area (Å²) in [6, 6.07) is 5.24. The van der Waals surface area contributed by atoms with Crippen molar-refractivity contribution in [2.75, 3.05) is 38.2 Å². The van der Waals surface area contributed by atoms with E-state index >= 15 is 0 Å². The number of carbonyl (C=O) groups excluding carboxylic acids is 2. The van der Waals surface area contributed by atoms with E-state index in [0.29, 0.717) is 50.9 Å². The Kier molecular flexibility index (Phi) is 9.85. The second-order valence-corrected chi connectivity index (χ2v) is 11.7. The number of ether oxygens (including phenoxy) is 2. The van der Waals surface area contributed by atoms with Crippen molar-refractivity contribution in [1.82, 2.24) is 24.4 Å². The summed E-state index contributed by atoms with van der Waals surface area (Å²) in [5.41, 5.74) is 1.97. The number of morpholine rings is 1. The first-order valence-corrected chi connectivity index (χ1v) is 15.1. The number of aromatic nitrogens is 4. The van der Waals surface area contributed by atoms with Gasteiger partial charge in [-0.05, 0) is 28.9 Å². The number of carbonyl (C=O) groups is 2. The van der Waals surface area contributed by atoms with Crippen molar-refractivity contribution in [2.45, 2.75) is 19.6 Å². The van der Waals surface area contributed by atoms with Gasteiger partial charge in [-0.1, -0.05) is 35.8 Å². The molecule has 0 unspecified atom stereocenters. The number of pyridine rings is 3. The molecular formula is C28H24BrCl2N7O4S. The predicted octanol–water partition coefficient (Wildman–Crippen LogP) is 5.56. The molecule has 11 nitrogen and oxygen atoms in total. The van der Waals surface area contributed by atoms with E-state index in [1.165, 1.54) is 24.7 Å². The minimum absolute atomic E-state index is 0.0884. The van der Waals surface area contributed by atoms with Crippen molar-refractivity contribution >= 4 is 79.6 Å². The second kappa shape index (κ2) is 13.6. The summed E-state index contributed by atoms with van der Waals surface area (Å²) in [4.78, 5) is 40.7. The lowest BCUT2D eigenvalue weighted by Gasteiger charge is -2.26. The summed E-state index contributed by atoms with van der Waals surface area (Å²) >= 11 is 19.9. The van der Waals surface area contributed by atoms with E-state index in [-0.39, 0.29) is 28.4 Å². The molecule has 1 aliphatic rings. The maximum Gasteiger partial charge on any atom is 0.260 e. The van der Waals surface area contributed by atoms with Gasteiger partial charge in [0.05, 0.1) is 40.5 Å². The van der Waals surface area contributed by atoms with Gasteiger partial charge >= 0.3 is 0 Å². The van der Waals surface area contributed by atoms with Crippen LogP contribution in [0.5, 0.6) is 5.75 Å². The van der Waals surface area contributed by atoms with Crippen LogP contribution in [0.15, 0.2) is 41.4 Å². The monoisotopic (exact) mass is 703 g/mol. The van der Waals surface area contributed by atoms with E-state index in [0.717, 1.165) is 19.6 Å². The van der Waals surface area contributed by atoms with Crippen molar-refractivity contribution < 1.29 is 19.1 Å². The molecule has 1 aliphatic heterocycles. The Labute approximate surface area is 270 Å². The molecular weight excluding hydrogens is 681 g/mol. The van der Waals surface area contributed by atoms with Gasteiger partial charge in [0.2, 0.25) is 5.12 Å². The van der Waals surface area contributed by atoms with Gasteiger partial charge in [-0.25, -0.2) is 9.97 Å². The zero-order chi connectivity index (χ0) is 30.7. The van der Waals surface area contributed by atoms with Crippen molar-refractivity contribution in [3.8, 4) is 11.8 Å². The topological polar surface area (TPSA) is 135 Å². The molecule has 15 heteroatoms. The molecule has 0 spiro atoms. The SMILES string of the molecule is C[C@@H](Oc1cc(NC(=O)c2cn(CCN3CCOCC3)c3cc(Br)c(C(=O)S)nc23)ncc1C#N)c1c(Cl)cncc1Cl. The number of amides is 1. The molecule has 0 aliphatic carbocycles. The Bertz CT molecular complexity index is 1740. The Morgan fingerprint density at radius 2 is 1.93 bits per heavy atom. The van der Waals surface area contributed by atoms with Gasteiger partial charge in [-0.3, -0.25) is 19.5 Å². The quantitative estimate of drug-likeness (QED) is 0.215. The number of halogens is 3. The van der Waals surface area contributed by atoms with Crippen LogP contribution in [-0.2, 0) is 11.3 Å². The van der Waals surface area contributed by atoms with Crippen LogP contribution in [0.3, 0.4) is 0 Å². The number of hydrogen-bond donors (Lipinski definition) is 2. The molecule has 1 N–H and O–H groups in total. The van der Waals surface area contributed by atoms with Crippen molar-refractivity contribution in [3.63, 3.8) is 0 Å². The van der Waals surface area contributed by atoms with Crippen molar-refractivity contribution in [3.05, 3.63) is 73.8 Å². The van der Waals surface area contributed by atoms with Crippen LogP contribution in [0.4, 0.5) is 5.82 Å². The number of nitriles is 1. The van der Waals surface area contributed by atoms with E-state index in [1.54, 1.807) is 19.2 Å². The van der Waals surface area contributed by atoms with Gasteiger partial charge in [0.1, 0.15) is 40.5 Å². The normalized spacial score (nSPS) is 14.3. The van der Waals surface area contributed by atoms with Crippen LogP contribution >= 0.6 is 51.8 Å². The Balaban J connectivity index is 1.44. The molecule has 1 amide bonds. The standard InChI is InChI=1S/C28H24BrCl2N7O4S/c1-15(24-19(30)12-33-13-20(24)31)42-22-9-23(34-11-16(22)10-32)35-27(39)17-14-38(3-2-37-4-6-41-7-5-37)21-8-18(29)26(28(40)43)36-25(17)21/h8-9,11-15H,2-7H2,1H3,(H,40,43)(H,34,35,39)/t15-/m1/s1. The fourth-order valence-electron chi connectivity index (χ4n) is 4.69. The van der Waals surface area contributed by atoms with Crippen LogP contribution in [0.1, 0.15) is 45.0 Å². The van der Waals surface area contributed by atoms with Crippen molar-refractivity contribution in [2.24, 2.45) is 0 Å². The highest BCUT2D eigenvalue weighted by Gasteiger charge is 2.23. The van der Waals surface area contributed by atoms with Gasteiger partial charge in [0.15, 0.2) is 0 Å². The van der Waals surface area contributed by atoms with Gasteiger partial charge in [-0.2, -0.15) is 5.26 Å². The number of rotatable bonds is 9. The largest absolute Gasteiger partial charge is 0.484 e. The molecule has 0 aromatic carbocycles. The molecule has 0 radical (unpaired) electrons. The summed E-state index contributed by atoms with van der Waals surface area (Å²) in [6.45, 7) is 6.02. The molecule has 0 bridgehead atoms. The highest BCUT2D eigenvalue weighted by molar-refractivity contribution is 9.10. The van der Waals surface area contributed by atoms with Crippen LogP contribution in [-0.4, -0.2) is 68.3 Å². The molecule has 4 aromatic heterocycles. The lowest BCUT2D eigenvalue weighted by molar-refractivity contribution is 0.0365. The van der Waals surface area contributed by atoms with Gasteiger partial charge in [0, 0.05) is 60.9 Å². The molecule has 43 heavy (non-hydrogen) atoms. The van der Waals surface area contributed by atoms with E-state index in [2.05, 4.69) is 53.7 Å². The first-order chi connectivity index (χ1) is 20.7. The minimum atomic E-state index is -0.648. The molecule has 1 fully saturated rings. The van der Waals surface area contributed by atoms with Crippen LogP contribution in [0, 0.1) is 11.3 Å². The fraction of sp³-hybridized carbons (Fsp3) is 0.286. The molecule has 5 heterocycles. The molecule has 0 saturated carbocycles. The van der Waals surface area contributed by atoms with E-state index in [9.17, 15) is 14.9 Å². The maximum absolute atomic E-state index is 13.6. The van der Waals surface area contributed by atoms with E-state index < -0.39 is 17.1 Å². The smallest absolute Gasteiger partial charge is 0.260 e. The Morgan fingerprint density at radius 1 is 1.21 bits per heavy atom. The second-order valence-electron chi connectivity index (χ2n) is 9.59. The molecule has 4 aromatic rings. The van der Waals surface area contributed by atoms with Gasteiger partial charge < -0.3 is 19.4 Å². The number of hydrogen-bond acceptors (Lipinski definition) is 9. The fourth-order valence-corrected chi connectivity index (χ4v) is 6.17. The number of fused-ring (bicyclic) bond motifs is 1. The van der Waals surface area contributed by atoms with Crippen LogP contribution < -0.4 is 10.1 Å². The summed E-state index contributed by atoms with van der Waals surface area (Å²) < 4.78 is 13.9. The molecule has 1 atom stereocenters. The molecule has 1 saturated heterocycles. The molecule has 222 valence electrons. The van der Waals surface area contributed by atoms with Crippen LogP contribution in [0.25, 0.3) is 11.0 Å². The van der Waals surface area contributed by atoms with Crippen molar-refractivity contribution in [1.29, 1.82) is 5.26 Å². The Morgan fingerprint density at radius 3 is 2.60 bits per heavy atom. The summed E-state index contributed by atoms with van der Waals surface area (Å²) in [5.74, 6) is -0.212. The highest BCUT2D eigenvalue weighted by atomic mass is 79.9. The lowest BCUT2D eigenvalue weighted by atomic mass is 10.1. The highest BCUT2D eigenvalue weighted by Crippen LogP contribution is 2.34.